The van der Waals surface area contributed by atoms with Crippen LogP contribution in [0.3, 0.4) is 0 Å². The molecule has 10 nitrogen and oxygen atoms in total. The Morgan fingerprint density at radius 2 is 1.69 bits per heavy atom. The zero-order chi connectivity index (χ0) is 37.5. The van der Waals surface area contributed by atoms with Gasteiger partial charge in [-0.25, -0.2) is 13.0 Å². The summed E-state index contributed by atoms with van der Waals surface area (Å²) in [5.41, 5.74) is 5.79. The Bertz CT molecular complexity index is 2090. The average Bonchev–Trinajstić information content (AvgIpc) is 3.33. The average molecular weight is 729 g/mol. The van der Waals surface area contributed by atoms with E-state index in [0.717, 1.165) is 68.9 Å². The Hall–Kier alpha value is -4.55. The Labute approximate surface area is 306 Å². The van der Waals surface area contributed by atoms with Crippen molar-refractivity contribution in [1.29, 1.82) is 0 Å². The van der Waals surface area contributed by atoms with Crippen LogP contribution in [0.1, 0.15) is 56.2 Å². The van der Waals surface area contributed by atoms with Gasteiger partial charge in [-0.1, -0.05) is 62.8 Å². The van der Waals surface area contributed by atoms with Crippen LogP contribution in [-0.4, -0.2) is 71.1 Å². The molecule has 0 radical (unpaired) electrons. The van der Waals surface area contributed by atoms with Gasteiger partial charge in [-0.2, -0.15) is 0 Å². The lowest BCUT2D eigenvalue weighted by molar-refractivity contribution is -0.137. The van der Waals surface area contributed by atoms with Gasteiger partial charge in [-0.15, -0.1) is 0 Å². The molecule has 3 aliphatic rings. The summed E-state index contributed by atoms with van der Waals surface area (Å²) in [6, 6.07) is 20.8. The van der Waals surface area contributed by atoms with Crippen LogP contribution in [-0.2, 0) is 29.8 Å². The number of carboxylic acids is 1. The molecular formula is C41H48N2O8S. The molecule has 0 saturated heterocycles. The highest BCUT2D eigenvalue weighted by atomic mass is 32.2. The van der Waals surface area contributed by atoms with E-state index in [1.54, 1.807) is 20.3 Å². The number of benzene rings is 3. The Morgan fingerprint density at radius 1 is 0.981 bits per heavy atom. The maximum Gasteiger partial charge on any atom is 0.303 e. The van der Waals surface area contributed by atoms with Crippen molar-refractivity contribution in [1.82, 2.24) is 4.58 Å². The third kappa shape index (κ3) is 8.73. The third-order valence-electron chi connectivity index (χ3n) is 9.69. The summed E-state index contributed by atoms with van der Waals surface area (Å²) in [5, 5.41) is 10.1. The van der Waals surface area contributed by atoms with Gasteiger partial charge in [0, 0.05) is 66.7 Å². The molecule has 0 saturated carbocycles. The van der Waals surface area contributed by atoms with E-state index < -0.39 is 21.5 Å². The van der Waals surface area contributed by atoms with Crippen molar-refractivity contribution in [3.63, 3.8) is 0 Å². The summed E-state index contributed by atoms with van der Waals surface area (Å²) in [6.07, 6.45) is 8.29. The van der Waals surface area contributed by atoms with Crippen molar-refractivity contribution >= 4 is 27.9 Å². The van der Waals surface area contributed by atoms with Crippen LogP contribution in [0.25, 0.3) is 28.7 Å². The number of hydrogen-bond acceptors (Lipinski definition) is 8. The number of ether oxygens (including phenoxy) is 2. The lowest BCUT2D eigenvalue weighted by atomic mass is 9.83. The van der Waals surface area contributed by atoms with E-state index in [0.29, 0.717) is 39.3 Å². The third-order valence-corrected chi connectivity index (χ3v) is 10.5. The van der Waals surface area contributed by atoms with Crippen LogP contribution >= 0.6 is 0 Å². The maximum absolute atomic E-state index is 12.0. The molecule has 2 aromatic carbocycles. The Kier molecular flexibility index (Phi) is 12.5. The van der Waals surface area contributed by atoms with Crippen LogP contribution in [0.15, 0.2) is 93.9 Å². The molecule has 0 atom stereocenters. The molecule has 0 unspecified atom stereocenters. The molecule has 1 aliphatic carbocycles. The monoisotopic (exact) mass is 728 g/mol. The molecule has 0 amide bonds. The first kappa shape index (κ1) is 38.7. The molecule has 2 aliphatic heterocycles. The number of carbonyl (C=O) groups is 1. The second kappa shape index (κ2) is 16.9. The lowest BCUT2D eigenvalue weighted by Gasteiger charge is -2.27. The minimum absolute atomic E-state index is 0.111. The molecule has 1 N–H and O–H groups in total. The molecule has 0 fully saturated rings. The van der Waals surface area contributed by atoms with E-state index in [1.807, 2.05) is 56.3 Å². The van der Waals surface area contributed by atoms with E-state index in [9.17, 15) is 17.8 Å². The van der Waals surface area contributed by atoms with Crippen LogP contribution in [0, 0.1) is 6.92 Å². The lowest BCUT2D eigenvalue weighted by Crippen LogP contribution is -2.35. The summed E-state index contributed by atoms with van der Waals surface area (Å²) in [7, 11) is -1.27. The number of rotatable bonds is 16. The molecule has 52 heavy (non-hydrogen) atoms. The number of anilines is 1. The van der Waals surface area contributed by atoms with Gasteiger partial charge in [0.25, 0.3) is 0 Å². The Balaban J connectivity index is 1.62. The number of nitrogens with zero attached hydrogens (tertiary/aromatic N) is 2. The van der Waals surface area contributed by atoms with Gasteiger partial charge in [-0.3, -0.25) is 4.79 Å². The van der Waals surface area contributed by atoms with Crippen LogP contribution in [0.5, 0.6) is 0 Å². The fraction of sp³-hybridized carbons (Fsp3) is 0.366. The molecule has 0 bridgehead atoms. The van der Waals surface area contributed by atoms with E-state index in [-0.39, 0.29) is 11.3 Å². The summed E-state index contributed by atoms with van der Waals surface area (Å²) in [6.45, 7) is 9.23. The van der Waals surface area contributed by atoms with Crippen molar-refractivity contribution in [3.8, 4) is 22.6 Å². The second-order valence-electron chi connectivity index (χ2n) is 13.5. The molecular weight excluding hydrogens is 681 g/mol. The molecule has 276 valence electrons. The second-order valence-corrected chi connectivity index (χ2v) is 14.9. The maximum atomic E-state index is 12.0. The summed E-state index contributed by atoms with van der Waals surface area (Å²) >= 11 is 0. The van der Waals surface area contributed by atoms with Gasteiger partial charge in [0.15, 0.2) is 13.1 Å². The van der Waals surface area contributed by atoms with Crippen molar-refractivity contribution in [2.75, 3.05) is 52.0 Å². The van der Waals surface area contributed by atoms with Crippen LogP contribution < -0.4 is 14.8 Å². The largest absolute Gasteiger partial charge is 0.744 e. The fourth-order valence-electron chi connectivity index (χ4n) is 6.89. The highest BCUT2D eigenvalue weighted by Crippen LogP contribution is 2.48. The number of methoxy groups -OCH3 is 2. The molecule has 2 heterocycles. The number of aliphatic carboxylic acids is 1. The first-order valence-corrected chi connectivity index (χ1v) is 18.9. The van der Waals surface area contributed by atoms with Crippen LogP contribution in [0.2, 0.25) is 0 Å². The van der Waals surface area contributed by atoms with E-state index in [4.69, 9.17) is 19.0 Å². The highest BCUT2D eigenvalue weighted by Gasteiger charge is 2.40. The topological polar surface area (TPSA) is 132 Å². The number of carboxylic acid groups (broad SMARTS) is 1. The SMILES string of the molecule is COCC[N+](CCOC)=c1ccc2c(/C=C/C=C3\N(CCCCCC(=O)O)c4ccc(S(=O)(=O)[O-])cc4C3(C)C)c(C)c(-c3ccccc3)oc-2c1. The normalized spacial score (nSPS) is 14.8. The van der Waals surface area contributed by atoms with Crippen molar-refractivity contribution in [3.05, 3.63) is 107 Å². The van der Waals surface area contributed by atoms with E-state index in [1.165, 1.54) is 12.1 Å². The molecule has 5 rings (SSSR count). The predicted octanol–water partition coefficient (Wildman–Crippen LogP) is 6.67. The van der Waals surface area contributed by atoms with Gasteiger partial charge in [0.2, 0.25) is 5.36 Å². The number of hydrogen-bond donors (Lipinski definition) is 1. The number of fused-ring (bicyclic) bond motifs is 2. The summed E-state index contributed by atoms with van der Waals surface area (Å²) in [4.78, 5) is 13.0. The zero-order valence-electron chi connectivity index (χ0n) is 30.6. The molecule has 2 aromatic rings. The zero-order valence-corrected chi connectivity index (χ0v) is 31.4. The van der Waals surface area contributed by atoms with E-state index >= 15 is 0 Å². The number of unbranched alkanes of at least 4 members (excludes halogenated alkanes) is 2. The summed E-state index contributed by atoms with van der Waals surface area (Å²) in [5.74, 6) is 0.681. The smallest absolute Gasteiger partial charge is 0.303 e. The van der Waals surface area contributed by atoms with E-state index in [2.05, 4.69) is 40.7 Å². The first-order valence-electron chi connectivity index (χ1n) is 17.5. The predicted molar refractivity (Wildman–Crippen MR) is 202 cm³/mol. The molecule has 0 aromatic heterocycles. The van der Waals surface area contributed by atoms with Gasteiger partial charge >= 0.3 is 5.97 Å². The molecule has 11 heteroatoms. The van der Waals surface area contributed by atoms with Gasteiger partial charge < -0.3 is 28.5 Å². The quantitative estimate of drug-likeness (QED) is 0.0764. The van der Waals surface area contributed by atoms with Gasteiger partial charge in [0.05, 0.1) is 11.0 Å². The standard InChI is InChI=1S/C41H48N2O8S/c1-29-33(34-20-18-31(42(23-25-49-4)24-26-50-5)27-37(34)51-40(29)30-13-8-6-9-14-30)15-12-16-38-41(2,3)35-28-32(52(46,47)48)19-21-36(35)43(38)22-11-7-10-17-39(44)45/h6,8-9,12-16,18-21,27-28H,7,10-11,17,22-26H2,1-5H3,(H-,44,45,46,47,48). The van der Waals surface area contributed by atoms with Gasteiger partial charge in [-0.05, 0) is 61.2 Å². The minimum atomic E-state index is -4.65. The molecule has 0 spiro atoms. The van der Waals surface area contributed by atoms with Gasteiger partial charge in [0.1, 0.15) is 34.9 Å². The minimum Gasteiger partial charge on any atom is -0.744 e. The highest BCUT2D eigenvalue weighted by molar-refractivity contribution is 7.85. The van der Waals surface area contributed by atoms with Crippen molar-refractivity contribution in [2.45, 2.75) is 56.8 Å². The first-order chi connectivity index (χ1) is 24.9. The Morgan fingerprint density at radius 3 is 2.35 bits per heavy atom. The van der Waals surface area contributed by atoms with Crippen LogP contribution in [0.4, 0.5) is 5.69 Å². The summed E-state index contributed by atoms with van der Waals surface area (Å²) < 4.78 is 55.6. The van der Waals surface area contributed by atoms with Crippen molar-refractivity contribution in [2.24, 2.45) is 0 Å². The number of allylic oxidation sites excluding steroid dienone is 3. The van der Waals surface area contributed by atoms with Crippen molar-refractivity contribution < 1.29 is 36.8 Å². The fourth-order valence-corrected chi connectivity index (χ4v) is 7.38.